The van der Waals surface area contributed by atoms with Gasteiger partial charge in [0.1, 0.15) is 5.75 Å². The molecule has 33 heavy (non-hydrogen) atoms. The van der Waals surface area contributed by atoms with Crippen molar-refractivity contribution < 1.29 is 14.3 Å². The minimum absolute atomic E-state index is 0.0519. The summed E-state index contributed by atoms with van der Waals surface area (Å²) < 4.78 is 6.55. The van der Waals surface area contributed by atoms with Gasteiger partial charge in [-0.15, -0.1) is 11.3 Å². The Bertz CT molecular complexity index is 1300. The summed E-state index contributed by atoms with van der Waals surface area (Å²) in [6.07, 6.45) is 0. The van der Waals surface area contributed by atoms with E-state index in [0.29, 0.717) is 23.0 Å². The molecule has 0 aliphatic rings. The number of nitrogens with zero attached hydrogens (tertiary/aromatic N) is 2. The molecule has 2 aromatic carbocycles. The number of nitrogens with one attached hydrogen (secondary N) is 2. The fraction of sp³-hybridized carbons (Fsp3) is 0.167. The van der Waals surface area contributed by atoms with E-state index in [9.17, 15) is 9.59 Å². The molecule has 0 spiro atoms. The largest absolute Gasteiger partial charge is 0.484 e. The molecule has 0 radical (unpaired) electrons. The van der Waals surface area contributed by atoms with E-state index in [1.807, 2.05) is 43.5 Å². The van der Waals surface area contributed by atoms with Crippen LogP contribution < -0.4 is 21.1 Å². The molecule has 2 heterocycles. The summed E-state index contributed by atoms with van der Waals surface area (Å²) in [5.41, 5.74) is 8.10. The van der Waals surface area contributed by atoms with Gasteiger partial charge in [-0.3, -0.25) is 9.59 Å². The van der Waals surface area contributed by atoms with Crippen molar-refractivity contribution in [3.63, 3.8) is 0 Å². The first-order valence-electron chi connectivity index (χ1n) is 10.3. The molecule has 0 aliphatic carbocycles. The lowest BCUT2D eigenvalue weighted by atomic mass is 10.2. The summed E-state index contributed by atoms with van der Waals surface area (Å²) >= 11 is 1.53. The number of primary amides is 1. The Morgan fingerprint density at radius 3 is 2.61 bits per heavy atom. The number of hydrogen-bond donors (Lipinski definition) is 3. The number of rotatable bonds is 8. The van der Waals surface area contributed by atoms with Gasteiger partial charge in [0.05, 0.1) is 10.2 Å². The fourth-order valence-corrected chi connectivity index (χ4v) is 3.95. The number of aromatic nitrogens is 2. The number of thiophene rings is 1. The SMILES string of the molecule is CC(C)NC(=O)COc1cccc(-c2nc(Nc3ccc(C(N)=O)cc3)c3sccc3n2)c1. The molecule has 9 heteroatoms. The normalized spacial score (nSPS) is 10.9. The molecule has 0 aliphatic heterocycles. The van der Waals surface area contributed by atoms with Crippen molar-refractivity contribution in [2.75, 3.05) is 11.9 Å². The second-order valence-electron chi connectivity index (χ2n) is 7.64. The molecule has 0 fully saturated rings. The van der Waals surface area contributed by atoms with E-state index >= 15 is 0 Å². The van der Waals surface area contributed by atoms with Crippen LogP contribution in [-0.4, -0.2) is 34.4 Å². The molecule has 0 bridgehead atoms. The summed E-state index contributed by atoms with van der Waals surface area (Å²) in [6, 6.07) is 16.2. The van der Waals surface area contributed by atoms with E-state index in [2.05, 4.69) is 15.6 Å². The summed E-state index contributed by atoms with van der Waals surface area (Å²) in [5, 5.41) is 8.06. The van der Waals surface area contributed by atoms with Crippen molar-refractivity contribution in [2.45, 2.75) is 19.9 Å². The number of benzene rings is 2. The average molecular weight is 462 g/mol. The van der Waals surface area contributed by atoms with E-state index < -0.39 is 5.91 Å². The van der Waals surface area contributed by atoms with E-state index in [1.165, 1.54) is 11.3 Å². The smallest absolute Gasteiger partial charge is 0.258 e. The molecule has 4 rings (SSSR count). The Morgan fingerprint density at radius 1 is 1.09 bits per heavy atom. The minimum atomic E-state index is -0.477. The van der Waals surface area contributed by atoms with Crippen molar-refractivity contribution in [3.05, 3.63) is 65.5 Å². The van der Waals surface area contributed by atoms with Gasteiger partial charge in [-0.05, 0) is 61.7 Å². The molecule has 4 N–H and O–H groups in total. The maximum atomic E-state index is 11.9. The summed E-state index contributed by atoms with van der Waals surface area (Å²) in [7, 11) is 0. The van der Waals surface area contributed by atoms with Crippen LogP contribution in [0.2, 0.25) is 0 Å². The van der Waals surface area contributed by atoms with Crippen LogP contribution in [0, 0.1) is 0 Å². The maximum absolute atomic E-state index is 11.9. The van der Waals surface area contributed by atoms with Gasteiger partial charge >= 0.3 is 0 Å². The monoisotopic (exact) mass is 461 g/mol. The highest BCUT2D eigenvalue weighted by Gasteiger charge is 2.13. The molecule has 0 saturated heterocycles. The fourth-order valence-electron chi connectivity index (χ4n) is 3.17. The summed E-state index contributed by atoms with van der Waals surface area (Å²) in [5.74, 6) is 1.07. The van der Waals surface area contributed by atoms with Gasteiger partial charge in [0.2, 0.25) is 5.91 Å². The number of ether oxygens (including phenoxy) is 1. The Balaban J connectivity index is 1.60. The number of amides is 2. The van der Waals surface area contributed by atoms with Gasteiger partial charge in [-0.2, -0.15) is 0 Å². The van der Waals surface area contributed by atoms with E-state index in [1.54, 1.807) is 30.3 Å². The number of hydrogen-bond acceptors (Lipinski definition) is 7. The summed E-state index contributed by atoms with van der Waals surface area (Å²) in [6.45, 7) is 3.72. The predicted molar refractivity (Wildman–Crippen MR) is 130 cm³/mol. The topological polar surface area (TPSA) is 119 Å². The first-order valence-corrected chi connectivity index (χ1v) is 11.2. The highest BCUT2D eigenvalue weighted by atomic mass is 32.1. The summed E-state index contributed by atoms with van der Waals surface area (Å²) in [4.78, 5) is 32.6. The third-order valence-electron chi connectivity index (χ3n) is 4.65. The zero-order valence-corrected chi connectivity index (χ0v) is 19.0. The van der Waals surface area contributed by atoms with E-state index in [-0.39, 0.29) is 18.6 Å². The minimum Gasteiger partial charge on any atom is -0.484 e. The van der Waals surface area contributed by atoms with Gasteiger partial charge in [0, 0.05) is 22.9 Å². The predicted octanol–water partition coefficient (Wildman–Crippen LogP) is 4.10. The van der Waals surface area contributed by atoms with Crippen LogP contribution in [0.15, 0.2) is 60.0 Å². The van der Waals surface area contributed by atoms with Crippen LogP contribution in [-0.2, 0) is 4.79 Å². The number of carbonyl (C=O) groups is 2. The molecular formula is C24H23N5O3S. The number of carbonyl (C=O) groups excluding carboxylic acids is 2. The van der Waals surface area contributed by atoms with Crippen LogP contribution in [0.4, 0.5) is 11.5 Å². The van der Waals surface area contributed by atoms with E-state index in [0.717, 1.165) is 21.5 Å². The molecule has 2 amide bonds. The number of anilines is 2. The zero-order chi connectivity index (χ0) is 23.4. The highest BCUT2D eigenvalue weighted by Crippen LogP contribution is 2.32. The van der Waals surface area contributed by atoms with Crippen molar-refractivity contribution in [2.24, 2.45) is 5.73 Å². The van der Waals surface area contributed by atoms with Crippen LogP contribution in [0.3, 0.4) is 0 Å². The maximum Gasteiger partial charge on any atom is 0.258 e. The van der Waals surface area contributed by atoms with Crippen LogP contribution in [0.1, 0.15) is 24.2 Å². The molecule has 0 atom stereocenters. The van der Waals surface area contributed by atoms with Gasteiger partial charge in [0.25, 0.3) is 5.91 Å². The lowest BCUT2D eigenvalue weighted by Crippen LogP contribution is -2.34. The molecule has 0 saturated carbocycles. The quantitative estimate of drug-likeness (QED) is 0.363. The average Bonchev–Trinajstić information content (AvgIpc) is 3.27. The Hall–Kier alpha value is -3.98. The number of nitrogens with two attached hydrogens (primary N) is 1. The van der Waals surface area contributed by atoms with Crippen molar-refractivity contribution in [1.29, 1.82) is 0 Å². The van der Waals surface area contributed by atoms with Crippen LogP contribution >= 0.6 is 11.3 Å². The molecule has 8 nitrogen and oxygen atoms in total. The van der Waals surface area contributed by atoms with Gasteiger partial charge in [-0.25, -0.2) is 9.97 Å². The van der Waals surface area contributed by atoms with Gasteiger partial charge < -0.3 is 21.1 Å². The standard InChI is InChI=1S/C24H23N5O3S/c1-14(2)26-20(30)13-32-18-5-3-4-16(12-18)23-28-19-10-11-33-21(19)24(29-23)27-17-8-6-15(7-9-17)22(25)31/h3-12,14H,13H2,1-2H3,(H2,25,31)(H,26,30)(H,27,28,29). The third-order valence-corrected chi connectivity index (χ3v) is 5.56. The van der Waals surface area contributed by atoms with Gasteiger partial charge in [-0.1, -0.05) is 12.1 Å². The molecule has 2 aromatic heterocycles. The second kappa shape index (κ2) is 9.66. The number of fused-ring (bicyclic) bond motifs is 1. The van der Waals surface area contributed by atoms with Crippen molar-refractivity contribution >= 4 is 44.9 Å². The lowest BCUT2D eigenvalue weighted by Gasteiger charge is -2.11. The Kier molecular flexibility index (Phi) is 6.50. The molecule has 0 unspecified atom stereocenters. The van der Waals surface area contributed by atoms with Crippen LogP contribution in [0.5, 0.6) is 5.75 Å². The highest BCUT2D eigenvalue weighted by molar-refractivity contribution is 7.17. The molecular weight excluding hydrogens is 438 g/mol. The van der Waals surface area contributed by atoms with Crippen LogP contribution in [0.25, 0.3) is 21.6 Å². The van der Waals surface area contributed by atoms with Crippen molar-refractivity contribution in [1.82, 2.24) is 15.3 Å². The Morgan fingerprint density at radius 2 is 1.88 bits per heavy atom. The Labute approximate surface area is 194 Å². The molecule has 4 aromatic rings. The first kappa shape index (κ1) is 22.2. The molecule has 168 valence electrons. The third kappa shape index (κ3) is 5.45. The zero-order valence-electron chi connectivity index (χ0n) is 18.2. The second-order valence-corrected chi connectivity index (χ2v) is 8.55. The van der Waals surface area contributed by atoms with Crippen molar-refractivity contribution in [3.8, 4) is 17.1 Å². The van der Waals surface area contributed by atoms with Gasteiger partial charge in [0.15, 0.2) is 18.2 Å². The first-order chi connectivity index (χ1) is 15.9. The van der Waals surface area contributed by atoms with E-state index in [4.69, 9.17) is 15.5 Å². The lowest BCUT2D eigenvalue weighted by molar-refractivity contribution is -0.123.